The molecule has 0 radical (unpaired) electrons. The Bertz CT molecular complexity index is 450. The molecule has 0 saturated carbocycles. The van der Waals surface area contributed by atoms with Crippen LogP contribution in [-0.4, -0.2) is 5.11 Å². The number of allylic oxidation sites excluding steroid dienone is 2. The first kappa shape index (κ1) is 9.70. The highest BCUT2D eigenvalue weighted by Gasteiger charge is 2.25. The van der Waals surface area contributed by atoms with E-state index in [1.807, 2.05) is 18.2 Å². The molecule has 1 aliphatic rings. The minimum Gasteiger partial charge on any atom is -0.381 e. The molecule has 2 nitrogen and oxygen atoms in total. The molecule has 0 fully saturated rings. The monoisotopic (exact) mass is 197 g/mol. The van der Waals surface area contributed by atoms with Crippen LogP contribution in [0.1, 0.15) is 17.5 Å². The third-order valence-corrected chi connectivity index (χ3v) is 2.56. The molecule has 0 aliphatic heterocycles. The van der Waals surface area contributed by atoms with Crippen LogP contribution in [0.3, 0.4) is 0 Å². The number of aliphatic hydroxyl groups is 1. The van der Waals surface area contributed by atoms with Gasteiger partial charge in [-0.05, 0) is 23.8 Å². The number of benzene rings is 1. The van der Waals surface area contributed by atoms with Crippen LogP contribution in [0, 0.1) is 11.3 Å². The summed E-state index contributed by atoms with van der Waals surface area (Å²) in [5.74, 6) is 0. The maximum atomic E-state index is 10.3. The van der Waals surface area contributed by atoms with Crippen LogP contribution in [0.5, 0.6) is 0 Å². The Morgan fingerprint density at radius 2 is 1.93 bits per heavy atom. The molecule has 0 bridgehead atoms. The number of rotatable bonds is 1. The zero-order chi connectivity index (χ0) is 10.7. The maximum Gasteiger partial charge on any atom is 0.111 e. The van der Waals surface area contributed by atoms with Gasteiger partial charge in [0.05, 0.1) is 11.6 Å². The van der Waals surface area contributed by atoms with Gasteiger partial charge in [-0.15, -0.1) is 0 Å². The topological polar surface area (TPSA) is 44.0 Å². The van der Waals surface area contributed by atoms with Crippen molar-refractivity contribution in [2.24, 2.45) is 0 Å². The fraction of sp³-hybridized carbons (Fsp3) is 0.154. The van der Waals surface area contributed by atoms with Gasteiger partial charge in [0, 0.05) is 6.42 Å². The van der Waals surface area contributed by atoms with Crippen LogP contribution >= 0.6 is 0 Å². The van der Waals surface area contributed by atoms with Crippen molar-refractivity contribution in [1.82, 2.24) is 0 Å². The molecule has 1 atom stereocenters. The minimum atomic E-state index is -0.914. The Morgan fingerprint density at radius 3 is 2.47 bits per heavy atom. The maximum absolute atomic E-state index is 10.3. The van der Waals surface area contributed by atoms with Gasteiger partial charge in [-0.3, -0.25) is 0 Å². The lowest BCUT2D eigenvalue weighted by molar-refractivity contribution is 0.0916. The highest BCUT2D eigenvalue weighted by atomic mass is 16.3. The van der Waals surface area contributed by atoms with E-state index >= 15 is 0 Å². The van der Waals surface area contributed by atoms with Gasteiger partial charge >= 0.3 is 0 Å². The Kier molecular flexibility index (Phi) is 2.40. The Labute approximate surface area is 88.8 Å². The van der Waals surface area contributed by atoms with Crippen LogP contribution < -0.4 is 0 Å². The predicted molar refractivity (Wildman–Crippen MR) is 58.0 cm³/mol. The molecule has 0 saturated heterocycles. The van der Waals surface area contributed by atoms with Gasteiger partial charge in [0.15, 0.2) is 0 Å². The summed E-state index contributed by atoms with van der Waals surface area (Å²) in [5.41, 5.74) is 0.516. The second kappa shape index (κ2) is 3.72. The first-order chi connectivity index (χ1) is 7.24. The fourth-order valence-corrected chi connectivity index (χ4v) is 1.66. The summed E-state index contributed by atoms with van der Waals surface area (Å²) in [4.78, 5) is 0. The number of hydrogen-bond acceptors (Lipinski definition) is 2. The Hall–Kier alpha value is -1.85. The van der Waals surface area contributed by atoms with Gasteiger partial charge in [-0.2, -0.15) is 5.26 Å². The van der Waals surface area contributed by atoms with Gasteiger partial charge in [0.1, 0.15) is 5.60 Å². The highest BCUT2D eigenvalue weighted by Crippen LogP contribution is 2.29. The molecule has 74 valence electrons. The lowest BCUT2D eigenvalue weighted by Gasteiger charge is -2.25. The summed E-state index contributed by atoms with van der Waals surface area (Å²) in [5, 5.41) is 19.0. The molecular weight excluding hydrogens is 186 g/mol. The van der Waals surface area contributed by atoms with Crippen molar-refractivity contribution >= 4 is 0 Å². The molecule has 2 rings (SSSR count). The molecule has 1 aromatic rings. The first-order valence-electron chi connectivity index (χ1n) is 4.82. The number of hydrogen-bond donors (Lipinski definition) is 1. The lowest BCUT2D eigenvalue weighted by atomic mass is 9.87. The second-order valence-electron chi connectivity index (χ2n) is 3.60. The smallest absolute Gasteiger partial charge is 0.111 e. The van der Waals surface area contributed by atoms with E-state index in [9.17, 15) is 5.11 Å². The van der Waals surface area contributed by atoms with Crippen molar-refractivity contribution in [2.75, 3.05) is 0 Å². The van der Waals surface area contributed by atoms with Crippen molar-refractivity contribution < 1.29 is 5.11 Å². The second-order valence-corrected chi connectivity index (χ2v) is 3.60. The normalized spacial score (nSPS) is 23.7. The number of nitrogens with zero attached hydrogens (tertiary/aromatic N) is 1. The summed E-state index contributed by atoms with van der Waals surface area (Å²) >= 11 is 0. The van der Waals surface area contributed by atoms with Gasteiger partial charge in [0.25, 0.3) is 0 Å². The van der Waals surface area contributed by atoms with Crippen LogP contribution in [0.25, 0.3) is 0 Å². The van der Waals surface area contributed by atoms with Gasteiger partial charge < -0.3 is 5.11 Å². The molecule has 1 N–H and O–H groups in total. The summed E-state index contributed by atoms with van der Waals surface area (Å²) < 4.78 is 0. The van der Waals surface area contributed by atoms with Crippen LogP contribution in [-0.2, 0) is 5.60 Å². The Balaban J connectivity index is 2.34. The van der Waals surface area contributed by atoms with Crippen molar-refractivity contribution in [1.29, 1.82) is 5.26 Å². The highest BCUT2D eigenvalue weighted by molar-refractivity contribution is 5.37. The van der Waals surface area contributed by atoms with Crippen molar-refractivity contribution in [3.05, 3.63) is 59.7 Å². The zero-order valence-corrected chi connectivity index (χ0v) is 8.22. The van der Waals surface area contributed by atoms with Crippen molar-refractivity contribution in [3.8, 4) is 6.07 Å². The SMILES string of the molecule is N#Cc1ccc(C2(O)C=CC=CC2)cc1. The summed E-state index contributed by atoms with van der Waals surface area (Å²) in [6.07, 6.45) is 8.03. The van der Waals surface area contributed by atoms with Gasteiger partial charge in [0.2, 0.25) is 0 Å². The molecule has 0 aromatic heterocycles. The molecule has 0 amide bonds. The molecule has 1 aromatic carbocycles. The molecule has 1 aliphatic carbocycles. The third kappa shape index (κ3) is 1.83. The number of nitriles is 1. The molecule has 1 unspecified atom stereocenters. The average Bonchev–Trinajstić information content (AvgIpc) is 2.30. The quantitative estimate of drug-likeness (QED) is 0.750. The molecule has 0 heterocycles. The van der Waals surface area contributed by atoms with Crippen molar-refractivity contribution in [3.63, 3.8) is 0 Å². The third-order valence-electron chi connectivity index (χ3n) is 2.56. The summed E-state index contributed by atoms with van der Waals surface area (Å²) in [7, 11) is 0. The van der Waals surface area contributed by atoms with Crippen molar-refractivity contribution in [2.45, 2.75) is 12.0 Å². The summed E-state index contributed by atoms with van der Waals surface area (Å²) in [6, 6.07) is 9.09. The molecular formula is C13H11NO. The lowest BCUT2D eigenvalue weighted by Crippen LogP contribution is -2.23. The van der Waals surface area contributed by atoms with E-state index in [2.05, 4.69) is 6.07 Å². The zero-order valence-electron chi connectivity index (χ0n) is 8.22. The standard InChI is InChI=1S/C13H11NO/c14-10-11-4-6-12(7-5-11)13(15)8-2-1-3-9-13/h1-8,15H,9H2. The Morgan fingerprint density at radius 1 is 1.20 bits per heavy atom. The van der Waals surface area contributed by atoms with E-state index < -0.39 is 5.60 Å². The van der Waals surface area contributed by atoms with E-state index in [4.69, 9.17) is 5.26 Å². The average molecular weight is 197 g/mol. The van der Waals surface area contributed by atoms with E-state index in [0.29, 0.717) is 12.0 Å². The predicted octanol–water partition coefficient (Wildman–Crippen LogP) is 2.26. The molecule has 0 spiro atoms. The fourth-order valence-electron chi connectivity index (χ4n) is 1.66. The van der Waals surface area contributed by atoms with Crippen LogP contribution in [0.2, 0.25) is 0 Å². The van der Waals surface area contributed by atoms with E-state index in [1.54, 1.807) is 30.3 Å². The van der Waals surface area contributed by atoms with Gasteiger partial charge in [-0.25, -0.2) is 0 Å². The first-order valence-corrected chi connectivity index (χ1v) is 4.82. The largest absolute Gasteiger partial charge is 0.381 e. The van der Waals surface area contributed by atoms with E-state index in [1.165, 1.54) is 0 Å². The van der Waals surface area contributed by atoms with Crippen LogP contribution in [0.15, 0.2) is 48.6 Å². The van der Waals surface area contributed by atoms with Crippen LogP contribution in [0.4, 0.5) is 0 Å². The minimum absolute atomic E-state index is 0.579. The van der Waals surface area contributed by atoms with Gasteiger partial charge in [-0.1, -0.05) is 30.4 Å². The molecule has 15 heavy (non-hydrogen) atoms. The van der Waals surface area contributed by atoms with E-state index in [-0.39, 0.29) is 0 Å². The van der Waals surface area contributed by atoms with E-state index in [0.717, 1.165) is 5.56 Å². The summed E-state index contributed by atoms with van der Waals surface area (Å²) in [6.45, 7) is 0. The molecule has 2 heteroatoms.